The van der Waals surface area contributed by atoms with Gasteiger partial charge in [0, 0.05) is 12.8 Å². The second kappa shape index (κ2) is 5.72. The minimum atomic E-state index is -0.517. The molecule has 13 heavy (non-hydrogen) atoms. The monoisotopic (exact) mass is 315 g/mol. The van der Waals surface area contributed by atoms with Gasteiger partial charge in [-0.25, -0.2) is 15.4 Å². The maximum absolute atomic E-state index is 11.2. The SMILES string of the molecule is CCC1(CC)[NH2+]C(=O)NC1=O.[Br-].[Br-]. The minimum Gasteiger partial charge on any atom is -1.00 e. The zero-order chi connectivity index (χ0) is 8.48. The van der Waals surface area contributed by atoms with Crippen LogP contribution in [0.5, 0.6) is 0 Å². The third-order valence-electron chi connectivity index (χ3n) is 2.36. The topological polar surface area (TPSA) is 62.8 Å². The van der Waals surface area contributed by atoms with Crippen LogP contribution in [-0.4, -0.2) is 17.5 Å². The lowest BCUT2D eigenvalue weighted by molar-refractivity contribution is -0.613. The molecule has 0 atom stereocenters. The Labute approximate surface area is 98.4 Å². The first kappa shape index (κ1) is 15.5. The van der Waals surface area contributed by atoms with Crippen LogP contribution < -0.4 is 44.6 Å². The number of hydrogen-bond acceptors (Lipinski definition) is 2. The van der Waals surface area contributed by atoms with Crippen LogP contribution in [0.4, 0.5) is 4.79 Å². The fourth-order valence-electron chi connectivity index (χ4n) is 1.36. The van der Waals surface area contributed by atoms with Crippen molar-refractivity contribution >= 4 is 11.9 Å². The number of carbonyl (C=O) groups excluding carboxylic acids is 2. The predicted molar refractivity (Wildman–Crippen MR) is 38.8 cm³/mol. The summed E-state index contributed by atoms with van der Waals surface area (Å²) in [5.74, 6) is -0.146. The van der Waals surface area contributed by atoms with Crippen molar-refractivity contribution in [2.75, 3.05) is 0 Å². The molecule has 0 bridgehead atoms. The quantitative estimate of drug-likeness (QED) is 0.498. The number of carbonyl (C=O) groups is 2. The van der Waals surface area contributed by atoms with Crippen molar-refractivity contribution < 1.29 is 48.9 Å². The number of hydrogen-bond donors (Lipinski definition) is 2. The van der Waals surface area contributed by atoms with E-state index in [-0.39, 0.29) is 45.9 Å². The Kier molecular flexibility index (Phi) is 6.83. The Hall–Kier alpha value is 0.0600. The van der Waals surface area contributed by atoms with Crippen LogP contribution in [0.2, 0.25) is 0 Å². The normalized spacial score (nSPS) is 18.6. The molecule has 0 saturated carbocycles. The Morgan fingerprint density at radius 3 is 1.85 bits per heavy atom. The van der Waals surface area contributed by atoms with E-state index in [1.807, 2.05) is 13.8 Å². The first-order valence-electron chi connectivity index (χ1n) is 3.86. The van der Waals surface area contributed by atoms with Crippen molar-refractivity contribution in [3.8, 4) is 0 Å². The van der Waals surface area contributed by atoms with Gasteiger partial charge in [-0.15, -0.1) is 0 Å². The average Bonchev–Trinajstić information content (AvgIpc) is 2.27. The highest BCUT2D eigenvalue weighted by Gasteiger charge is 2.48. The van der Waals surface area contributed by atoms with Gasteiger partial charge < -0.3 is 34.0 Å². The number of halogens is 2. The van der Waals surface area contributed by atoms with Gasteiger partial charge in [0.05, 0.1) is 0 Å². The maximum atomic E-state index is 11.2. The predicted octanol–water partition coefficient (Wildman–Crippen LogP) is -6.63. The van der Waals surface area contributed by atoms with Crippen LogP contribution in [-0.2, 0) is 4.79 Å². The van der Waals surface area contributed by atoms with Crippen LogP contribution in [0, 0.1) is 0 Å². The van der Waals surface area contributed by atoms with Gasteiger partial charge in [-0.3, -0.25) is 4.79 Å². The van der Waals surface area contributed by atoms with E-state index in [2.05, 4.69) is 5.32 Å². The fraction of sp³-hybridized carbons (Fsp3) is 0.714. The van der Waals surface area contributed by atoms with Gasteiger partial charge in [0.25, 0.3) is 5.91 Å². The molecule has 78 valence electrons. The van der Waals surface area contributed by atoms with Gasteiger partial charge in [-0.1, -0.05) is 13.8 Å². The number of nitrogens with two attached hydrogens (primary N) is 1. The molecule has 3 N–H and O–H groups in total. The summed E-state index contributed by atoms with van der Waals surface area (Å²) >= 11 is 0. The van der Waals surface area contributed by atoms with E-state index in [0.29, 0.717) is 12.8 Å². The highest BCUT2D eigenvalue weighted by atomic mass is 79.9. The molecular weight excluding hydrogens is 304 g/mol. The number of imide groups is 1. The molecule has 0 radical (unpaired) electrons. The van der Waals surface area contributed by atoms with Gasteiger partial charge in [0.15, 0.2) is 5.54 Å². The molecule has 0 spiro atoms. The number of rotatable bonds is 2. The lowest BCUT2D eigenvalue weighted by atomic mass is 9.93. The summed E-state index contributed by atoms with van der Waals surface area (Å²) < 4.78 is 0. The van der Waals surface area contributed by atoms with E-state index < -0.39 is 5.54 Å². The molecule has 1 saturated heterocycles. The van der Waals surface area contributed by atoms with Crippen molar-refractivity contribution in [3.63, 3.8) is 0 Å². The highest BCUT2D eigenvalue weighted by Crippen LogP contribution is 2.11. The van der Waals surface area contributed by atoms with Gasteiger partial charge in [0.1, 0.15) is 0 Å². The molecule has 0 aromatic heterocycles. The molecular formula is C7H13Br2N2O2-. The van der Waals surface area contributed by atoms with E-state index in [4.69, 9.17) is 0 Å². The van der Waals surface area contributed by atoms with E-state index in [1.165, 1.54) is 5.32 Å². The van der Waals surface area contributed by atoms with Crippen LogP contribution in [0.15, 0.2) is 0 Å². The smallest absolute Gasteiger partial charge is 0.420 e. The number of nitrogens with one attached hydrogen (secondary N) is 1. The number of primary amides is 1. The van der Waals surface area contributed by atoms with Gasteiger partial charge in [-0.05, 0) is 0 Å². The Balaban J connectivity index is 0. The molecule has 4 nitrogen and oxygen atoms in total. The van der Waals surface area contributed by atoms with Gasteiger partial charge in [0.2, 0.25) is 0 Å². The van der Waals surface area contributed by atoms with E-state index in [9.17, 15) is 9.59 Å². The summed E-state index contributed by atoms with van der Waals surface area (Å²) in [7, 11) is 0. The van der Waals surface area contributed by atoms with E-state index in [0.717, 1.165) is 0 Å². The second-order valence-electron chi connectivity index (χ2n) is 2.83. The fourth-order valence-corrected chi connectivity index (χ4v) is 1.36. The van der Waals surface area contributed by atoms with Crippen LogP contribution in [0.3, 0.4) is 0 Å². The largest absolute Gasteiger partial charge is 1.00 e. The number of amides is 3. The van der Waals surface area contributed by atoms with Crippen LogP contribution >= 0.6 is 0 Å². The minimum absolute atomic E-state index is 0. The first-order chi connectivity index (χ1) is 5.14. The Morgan fingerprint density at radius 2 is 1.69 bits per heavy atom. The third-order valence-corrected chi connectivity index (χ3v) is 2.36. The molecule has 0 aromatic carbocycles. The molecule has 0 aromatic rings. The summed E-state index contributed by atoms with van der Waals surface area (Å²) in [6, 6.07) is -0.251. The van der Waals surface area contributed by atoms with Crippen molar-refractivity contribution in [2.24, 2.45) is 0 Å². The number of quaternary nitrogens is 1. The first-order valence-corrected chi connectivity index (χ1v) is 3.86. The van der Waals surface area contributed by atoms with Crippen molar-refractivity contribution in [3.05, 3.63) is 0 Å². The highest BCUT2D eigenvalue weighted by molar-refractivity contribution is 6.00. The maximum Gasteiger partial charge on any atom is 0.420 e. The van der Waals surface area contributed by atoms with Gasteiger partial charge >= 0.3 is 6.03 Å². The summed E-state index contributed by atoms with van der Waals surface area (Å²) in [5, 5.41) is 3.77. The molecule has 6 heteroatoms. The molecule has 1 fully saturated rings. The van der Waals surface area contributed by atoms with E-state index in [1.54, 1.807) is 0 Å². The summed E-state index contributed by atoms with van der Waals surface area (Å²) in [5.41, 5.74) is -0.517. The van der Waals surface area contributed by atoms with E-state index >= 15 is 0 Å². The second-order valence-corrected chi connectivity index (χ2v) is 2.83. The van der Waals surface area contributed by atoms with Crippen molar-refractivity contribution in [1.82, 2.24) is 5.32 Å². The zero-order valence-electron chi connectivity index (χ0n) is 7.56. The summed E-state index contributed by atoms with van der Waals surface area (Å²) in [6.07, 6.45) is 1.39. The summed E-state index contributed by atoms with van der Waals surface area (Å²) in [6.45, 7) is 3.83. The van der Waals surface area contributed by atoms with Crippen LogP contribution in [0.25, 0.3) is 0 Å². The summed E-state index contributed by atoms with van der Waals surface area (Å²) in [4.78, 5) is 22.0. The number of urea groups is 1. The molecule has 1 aliphatic rings. The van der Waals surface area contributed by atoms with Crippen molar-refractivity contribution in [1.29, 1.82) is 0 Å². The third kappa shape index (κ3) is 2.75. The molecule has 0 unspecified atom stereocenters. The average molecular weight is 317 g/mol. The molecule has 1 rings (SSSR count). The Bertz CT molecular complexity index is 205. The standard InChI is InChI=1S/C7H12N2O2.2BrH/c1-3-7(4-2)5(10)8-6(11)9-7;;/h3-4H2,1-2H3,(H2,8,9,10,11);2*1H/p-1. The van der Waals surface area contributed by atoms with Crippen LogP contribution in [0.1, 0.15) is 26.7 Å². The lowest BCUT2D eigenvalue weighted by Gasteiger charge is -2.16. The lowest BCUT2D eigenvalue weighted by Crippen LogP contribution is -3.00. The van der Waals surface area contributed by atoms with Gasteiger partial charge in [-0.2, -0.15) is 0 Å². The molecule has 1 aliphatic heterocycles. The molecule has 0 aliphatic carbocycles. The molecule has 1 heterocycles. The zero-order valence-corrected chi connectivity index (χ0v) is 10.7. The molecule has 3 amide bonds. The Morgan fingerprint density at radius 1 is 1.23 bits per heavy atom. The van der Waals surface area contributed by atoms with Crippen molar-refractivity contribution in [2.45, 2.75) is 32.2 Å².